The number of Topliss-reactive ketones (excluding diaryl/α,β-unsaturated/α-hetero) is 1. The fourth-order valence-corrected chi connectivity index (χ4v) is 5.81. The molecule has 2 aliphatic rings. The van der Waals surface area contributed by atoms with Crippen molar-refractivity contribution in [1.82, 2.24) is 0 Å². The standard InChI is InChI=1S/C23H42O4/c1-21(2,26)14-6-8-16(10-13-20(25)22(3,4)27)17-11-12-18-19(24)9-7-15-23(17,18)5/h16-18,20,25-27H,6-15H2,1-5H3/t16-,17+,18-,20+,23+/m0/s1. The third kappa shape index (κ3) is 5.77. The first-order valence-corrected chi connectivity index (χ1v) is 11.0. The van der Waals surface area contributed by atoms with Crippen LogP contribution in [0.5, 0.6) is 0 Å². The van der Waals surface area contributed by atoms with Crippen LogP contribution in [0, 0.1) is 23.2 Å². The molecule has 27 heavy (non-hydrogen) atoms. The average molecular weight is 383 g/mol. The molecule has 0 saturated heterocycles. The van der Waals surface area contributed by atoms with Crippen molar-refractivity contribution in [3.8, 4) is 0 Å². The van der Waals surface area contributed by atoms with Gasteiger partial charge in [0.05, 0.1) is 17.3 Å². The lowest BCUT2D eigenvalue weighted by Gasteiger charge is -2.43. The SMILES string of the molecule is CC(C)(O)CCC[C@@H](CC[C@@H](O)C(C)(C)O)[C@H]1CC[C@H]2C(=O)CCC[C@]12C. The molecule has 0 heterocycles. The second kappa shape index (κ2) is 8.51. The van der Waals surface area contributed by atoms with Crippen LogP contribution in [0.2, 0.25) is 0 Å². The molecular weight excluding hydrogens is 340 g/mol. The van der Waals surface area contributed by atoms with Crippen LogP contribution < -0.4 is 0 Å². The fraction of sp³-hybridized carbons (Fsp3) is 0.957. The van der Waals surface area contributed by atoms with E-state index < -0.39 is 17.3 Å². The number of fused-ring (bicyclic) bond motifs is 1. The third-order valence-corrected chi connectivity index (χ3v) is 7.50. The van der Waals surface area contributed by atoms with E-state index in [1.165, 1.54) is 0 Å². The number of carbonyl (C=O) groups excluding carboxylic acids is 1. The van der Waals surface area contributed by atoms with Crippen molar-refractivity contribution < 1.29 is 20.1 Å². The molecule has 3 N–H and O–H groups in total. The van der Waals surface area contributed by atoms with Crippen LogP contribution in [0.25, 0.3) is 0 Å². The van der Waals surface area contributed by atoms with E-state index in [1.54, 1.807) is 13.8 Å². The number of hydrogen-bond acceptors (Lipinski definition) is 4. The Balaban J connectivity index is 2.09. The van der Waals surface area contributed by atoms with Crippen LogP contribution in [-0.2, 0) is 4.79 Å². The maximum Gasteiger partial charge on any atom is 0.136 e. The summed E-state index contributed by atoms with van der Waals surface area (Å²) in [6.45, 7) is 9.35. The smallest absolute Gasteiger partial charge is 0.136 e. The van der Waals surface area contributed by atoms with Crippen LogP contribution >= 0.6 is 0 Å². The van der Waals surface area contributed by atoms with Gasteiger partial charge in [0, 0.05) is 12.3 Å². The summed E-state index contributed by atoms with van der Waals surface area (Å²) in [6, 6.07) is 0. The lowest BCUT2D eigenvalue weighted by atomic mass is 9.61. The van der Waals surface area contributed by atoms with Crippen molar-refractivity contribution in [3.05, 3.63) is 0 Å². The molecule has 0 spiro atoms. The zero-order valence-corrected chi connectivity index (χ0v) is 18.1. The summed E-state index contributed by atoms with van der Waals surface area (Å²) in [6.07, 6.45) is 8.45. The molecule has 4 heteroatoms. The monoisotopic (exact) mass is 382 g/mol. The van der Waals surface area contributed by atoms with Gasteiger partial charge in [-0.05, 0) is 89.9 Å². The van der Waals surface area contributed by atoms with Crippen molar-refractivity contribution in [1.29, 1.82) is 0 Å². The number of hydrogen-bond donors (Lipinski definition) is 3. The van der Waals surface area contributed by atoms with E-state index in [9.17, 15) is 20.1 Å². The fourth-order valence-electron chi connectivity index (χ4n) is 5.81. The molecule has 5 atom stereocenters. The van der Waals surface area contributed by atoms with Gasteiger partial charge in [0.1, 0.15) is 5.78 Å². The Morgan fingerprint density at radius 3 is 2.37 bits per heavy atom. The molecule has 0 aromatic rings. The normalized spacial score (nSPS) is 31.6. The molecule has 158 valence electrons. The minimum atomic E-state index is -1.08. The molecule has 0 unspecified atom stereocenters. The average Bonchev–Trinajstić information content (AvgIpc) is 2.86. The van der Waals surface area contributed by atoms with Crippen molar-refractivity contribution >= 4 is 5.78 Å². The lowest BCUT2D eigenvalue weighted by Crippen LogP contribution is -2.41. The minimum absolute atomic E-state index is 0.0917. The van der Waals surface area contributed by atoms with E-state index in [0.29, 0.717) is 24.0 Å². The Labute approximate surface area is 165 Å². The quantitative estimate of drug-likeness (QED) is 0.557. The molecular formula is C23H42O4. The zero-order valence-electron chi connectivity index (χ0n) is 18.1. The first-order valence-electron chi connectivity index (χ1n) is 11.0. The summed E-state index contributed by atoms with van der Waals surface area (Å²) in [4.78, 5) is 12.5. The van der Waals surface area contributed by atoms with E-state index in [2.05, 4.69) is 6.92 Å². The van der Waals surface area contributed by atoms with E-state index in [-0.39, 0.29) is 11.3 Å². The van der Waals surface area contributed by atoms with Gasteiger partial charge in [0.25, 0.3) is 0 Å². The lowest BCUT2D eigenvalue weighted by molar-refractivity contribution is -0.130. The number of rotatable bonds is 9. The van der Waals surface area contributed by atoms with Gasteiger partial charge in [0.2, 0.25) is 0 Å². The minimum Gasteiger partial charge on any atom is -0.390 e. The maximum atomic E-state index is 12.5. The highest BCUT2D eigenvalue weighted by molar-refractivity contribution is 5.83. The predicted molar refractivity (Wildman–Crippen MR) is 108 cm³/mol. The second-order valence-corrected chi connectivity index (χ2v) is 10.8. The van der Waals surface area contributed by atoms with Gasteiger partial charge in [0.15, 0.2) is 0 Å². The molecule has 0 aromatic carbocycles. The van der Waals surface area contributed by atoms with Gasteiger partial charge in [-0.1, -0.05) is 19.8 Å². The van der Waals surface area contributed by atoms with Crippen LogP contribution in [0.3, 0.4) is 0 Å². The second-order valence-electron chi connectivity index (χ2n) is 10.8. The molecule has 0 radical (unpaired) electrons. The molecule has 2 saturated carbocycles. The molecule has 0 bridgehead atoms. The number of aliphatic hydroxyl groups is 3. The summed E-state index contributed by atoms with van der Waals surface area (Å²) < 4.78 is 0. The molecule has 0 aliphatic heterocycles. The predicted octanol–water partition coefficient (Wildman–Crippen LogP) is 4.24. The zero-order chi connectivity index (χ0) is 20.5. The Hall–Kier alpha value is -0.450. The Morgan fingerprint density at radius 1 is 1.11 bits per heavy atom. The molecule has 0 amide bonds. The first-order chi connectivity index (χ1) is 12.3. The van der Waals surface area contributed by atoms with E-state index in [4.69, 9.17) is 0 Å². The van der Waals surface area contributed by atoms with Crippen molar-refractivity contribution in [2.24, 2.45) is 23.2 Å². The number of carbonyl (C=O) groups is 1. The summed E-state index contributed by atoms with van der Waals surface area (Å²) in [5, 5.41) is 30.5. The van der Waals surface area contributed by atoms with Crippen LogP contribution in [0.4, 0.5) is 0 Å². The molecule has 2 fully saturated rings. The highest BCUT2D eigenvalue weighted by atomic mass is 16.3. The summed E-state index contributed by atoms with van der Waals surface area (Å²) in [5.74, 6) is 1.61. The topological polar surface area (TPSA) is 77.8 Å². The summed E-state index contributed by atoms with van der Waals surface area (Å²) in [7, 11) is 0. The molecule has 0 aromatic heterocycles. The van der Waals surface area contributed by atoms with Gasteiger partial charge in [-0.2, -0.15) is 0 Å². The van der Waals surface area contributed by atoms with Crippen molar-refractivity contribution in [3.63, 3.8) is 0 Å². The number of ketones is 1. The highest BCUT2D eigenvalue weighted by Crippen LogP contribution is 2.58. The summed E-state index contributed by atoms with van der Waals surface area (Å²) >= 11 is 0. The van der Waals surface area contributed by atoms with Gasteiger partial charge in [-0.25, -0.2) is 0 Å². The van der Waals surface area contributed by atoms with Crippen molar-refractivity contribution in [2.75, 3.05) is 0 Å². The van der Waals surface area contributed by atoms with E-state index in [1.807, 2.05) is 13.8 Å². The first kappa shape index (κ1) is 22.8. The molecule has 4 nitrogen and oxygen atoms in total. The van der Waals surface area contributed by atoms with Crippen LogP contribution in [0.15, 0.2) is 0 Å². The van der Waals surface area contributed by atoms with Gasteiger partial charge >= 0.3 is 0 Å². The number of aliphatic hydroxyl groups excluding tert-OH is 1. The Bertz CT molecular complexity index is 501. The third-order valence-electron chi connectivity index (χ3n) is 7.50. The van der Waals surface area contributed by atoms with Gasteiger partial charge in [-0.3, -0.25) is 4.79 Å². The summed E-state index contributed by atoms with van der Waals surface area (Å²) in [5.41, 5.74) is -1.64. The maximum absolute atomic E-state index is 12.5. The van der Waals surface area contributed by atoms with Gasteiger partial charge < -0.3 is 15.3 Å². The van der Waals surface area contributed by atoms with E-state index in [0.717, 1.165) is 57.8 Å². The van der Waals surface area contributed by atoms with E-state index >= 15 is 0 Å². The highest BCUT2D eigenvalue weighted by Gasteiger charge is 2.52. The van der Waals surface area contributed by atoms with Gasteiger partial charge in [-0.15, -0.1) is 0 Å². The Morgan fingerprint density at radius 2 is 1.78 bits per heavy atom. The van der Waals surface area contributed by atoms with Crippen LogP contribution in [-0.4, -0.2) is 38.4 Å². The molecule has 2 rings (SSSR count). The Kier molecular flexibility index (Phi) is 7.19. The van der Waals surface area contributed by atoms with Crippen molar-refractivity contribution in [2.45, 2.75) is 116 Å². The molecule has 2 aliphatic carbocycles. The van der Waals surface area contributed by atoms with Crippen LogP contribution in [0.1, 0.15) is 98.8 Å². The largest absolute Gasteiger partial charge is 0.390 e.